The van der Waals surface area contributed by atoms with E-state index >= 15 is 0 Å². The molecule has 0 bridgehead atoms. The summed E-state index contributed by atoms with van der Waals surface area (Å²) >= 11 is 5.78. The number of nitrogens with one attached hydrogen (secondary N) is 1. The molecule has 0 aliphatic carbocycles. The molecule has 18 heavy (non-hydrogen) atoms. The lowest BCUT2D eigenvalue weighted by atomic mass is 10.3. The highest BCUT2D eigenvalue weighted by molar-refractivity contribution is 6.30. The lowest BCUT2D eigenvalue weighted by molar-refractivity contribution is 0.0593. The number of nitrogens with zero attached hydrogens (tertiary/aromatic N) is 2. The fourth-order valence-electron chi connectivity index (χ4n) is 1.31. The van der Waals surface area contributed by atoms with Crippen LogP contribution in [0.3, 0.4) is 0 Å². The minimum Gasteiger partial charge on any atom is -0.464 e. The normalized spacial score (nSPS) is 9.89. The molecule has 92 valence electrons. The van der Waals surface area contributed by atoms with E-state index in [2.05, 4.69) is 20.0 Å². The summed E-state index contributed by atoms with van der Waals surface area (Å²) in [7, 11) is 1.29. The number of hydrogen-bond acceptors (Lipinski definition) is 5. The number of carbonyl (C=O) groups excluding carboxylic acids is 1. The van der Waals surface area contributed by atoms with Crippen LogP contribution in [-0.2, 0) is 4.74 Å². The topological polar surface area (TPSA) is 64.1 Å². The van der Waals surface area contributed by atoms with Crippen LogP contribution in [0.1, 0.15) is 10.5 Å². The number of methoxy groups -OCH3 is 1. The van der Waals surface area contributed by atoms with Crippen molar-refractivity contribution < 1.29 is 9.53 Å². The second kappa shape index (κ2) is 5.46. The number of halogens is 1. The summed E-state index contributed by atoms with van der Waals surface area (Å²) in [5.41, 5.74) is 0.951. The summed E-state index contributed by atoms with van der Waals surface area (Å²) < 4.78 is 4.57. The number of ether oxygens (including phenoxy) is 1. The number of hydrogen-bond donors (Lipinski definition) is 1. The quantitative estimate of drug-likeness (QED) is 0.863. The van der Waals surface area contributed by atoms with Crippen molar-refractivity contribution in [3.05, 3.63) is 47.4 Å². The first-order valence-electron chi connectivity index (χ1n) is 5.12. The van der Waals surface area contributed by atoms with Gasteiger partial charge in [0.1, 0.15) is 5.82 Å². The van der Waals surface area contributed by atoms with Gasteiger partial charge in [0.25, 0.3) is 0 Å². The maximum absolute atomic E-state index is 11.3. The van der Waals surface area contributed by atoms with E-state index in [1.807, 2.05) is 0 Å². The van der Waals surface area contributed by atoms with Crippen molar-refractivity contribution in [3.63, 3.8) is 0 Å². The van der Waals surface area contributed by atoms with Gasteiger partial charge in [-0.3, -0.25) is 4.98 Å². The smallest absolute Gasteiger partial charge is 0.358 e. The molecule has 0 aliphatic heterocycles. The molecule has 0 saturated heterocycles. The van der Waals surface area contributed by atoms with Crippen molar-refractivity contribution in [2.45, 2.75) is 0 Å². The number of anilines is 2. The van der Waals surface area contributed by atoms with E-state index in [-0.39, 0.29) is 5.69 Å². The average Bonchev–Trinajstić information content (AvgIpc) is 2.41. The average molecular weight is 264 g/mol. The Morgan fingerprint density at radius 3 is 2.67 bits per heavy atom. The summed E-state index contributed by atoms with van der Waals surface area (Å²) in [6, 6.07) is 7.10. The zero-order chi connectivity index (χ0) is 13.0. The fourth-order valence-corrected chi connectivity index (χ4v) is 1.44. The predicted molar refractivity (Wildman–Crippen MR) is 68.1 cm³/mol. The van der Waals surface area contributed by atoms with E-state index in [1.165, 1.54) is 19.5 Å². The highest BCUT2D eigenvalue weighted by Crippen LogP contribution is 2.17. The van der Waals surface area contributed by atoms with Crippen molar-refractivity contribution in [2.75, 3.05) is 12.4 Å². The minimum atomic E-state index is -0.526. The van der Waals surface area contributed by atoms with Gasteiger partial charge in [-0.05, 0) is 24.3 Å². The monoisotopic (exact) mass is 263 g/mol. The molecule has 5 nitrogen and oxygen atoms in total. The van der Waals surface area contributed by atoms with Crippen LogP contribution >= 0.6 is 11.6 Å². The van der Waals surface area contributed by atoms with E-state index in [9.17, 15) is 4.79 Å². The predicted octanol–water partition coefficient (Wildman–Crippen LogP) is 2.66. The zero-order valence-corrected chi connectivity index (χ0v) is 10.3. The molecule has 0 saturated carbocycles. The summed E-state index contributed by atoms with van der Waals surface area (Å²) in [5, 5.41) is 3.66. The third kappa shape index (κ3) is 2.95. The van der Waals surface area contributed by atoms with Gasteiger partial charge < -0.3 is 10.1 Å². The maximum atomic E-state index is 11.3. The van der Waals surface area contributed by atoms with Gasteiger partial charge in [-0.25, -0.2) is 9.78 Å². The van der Waals surface area contributed by atoms with Crippen LogP contribution in [0.5, 0.6) is 0 Å². The van der Waals surface area contributed by atoms with Gasteiger partial charge in [-0.1, -0.05) is 11.6 Å². The van der Waals surface area contributed by atoms with Crippen LogP contribution in [0, 0.1) is 0 Å². The Hall–Kier alpha value is -2.14. The van der Waals surface area contributed by atoms with Crippen molar-refractivity contribution in [2.24, 2.45) is 0 Å². The standard InChI is InChI=1S/C12H10ClN3O2/c1-18-12(17)10-6-14-7-11(16-10)15-9-4-2-8(13)3-5-9/h2-7H,1H3,(H,15,16). The molecule has 2 rings (SSSR count). The molecule has 1 heterocycles. The molecular weight excluding hydrogens is 254 g/mol. The molecule has 1 aromatic carbocycles. The second-order valence-corrected chi connectivity index (χ2v) is 3.85. The van der Waals surface area contributed by atoms with Gasteiger partial charge >= 0.3 is 5.97 Å². The summed E-state index contributed by atoms with van der Waals surface area (Å²) in [4.78, 5) is 19.3. The van der Waals surface area contributed by atoms with Gasteiger partial charge in [0.05, 0.1) is 19.5 Å². The summed E-state index contributed by atoms with van der Waals surface area (Å²) in [6.07, 6.45) is 2.86. The highest BCUT2D eigenvalue weighted by Gasteiger charge is 2.08. The van der Waals surface area contributed by atoms with E-state index in [1.54, 1.807) is 24.3 Å². The van der Waals surface area contributed by atoms with Gasteiger partial charge in [-0.15, -0.1) is 0 Å². The van der Waals surface area contributed by atoms with Gasteiger partial charge in [0.2, 0.25) is 0 Å². The summed E-state index contributed by atoms with van der Waals surface area (Å²) in [6.45, 7) is 0. The van der Waals surface area contributed by atoms with Crippen LogP contribution < -0.4 is 5.32 Å². The number of rotatable bonds is 3. The highest BCUT2D eigenvalue weighted by atomic mass is 35.5. The van der Waals surface area contributed by atoms with Crippen LogP contribution in [0.2, 0.25) is 5.02 Å². The fraction of sp³-hybridized carbons (Fsp3) is 0.0833. The van der Waals surface area contributed by atoms with Gasteiger partial charge in [-0.2, -0.15) is 0 Å². The van der Waals surface area contributed by atoms with Crippen molar-refractivity contribution >= 4 is 29.1 Å². The molecule has 0 unspecified atom stereocenters. The van der Waals surface area contributed by atoms with E-state index in [0.29, 0.717) is 10.8 Å². The lowest BCUT2D eigenvalue weighted by Gasteiger charge is -2.06. The third-order valence-corrected chi connectivity index (χ3v) is 2.40. The first kappa shape index (κ1) is 12.3. The van der Waals surface area contributed by atoms with Crippen LogP contribution in [0.4, 0.5) is 11.5 Å². The first-order valence-corrected chi connectivity index (χ1v) is 5.50. The number of esters is 1. The zero-order valence-electron chi connectivity index (χ0n) is 9.55. The Kier molecular flexibility index (Phi) is 3.74. The van der Waals surface area contributed by atoms with Crippen molar-refractivity contribution in [1.29, 1.82) is 0 Å². The van der Waals surface area contributed by atoms with Gasteiger partial charge in [0.15, 0.2) is 5.69 Å². The minimum absolute atomic E-state index is 0.150. The Morgan fingerprint density at radius 1 is 1.28 bits per heavy atom. The lowest BCUT2D eigenvalue weighted by Crippen LogP contribution is -2.06. The number of carbonyl (C=O) groups is 1. The number of aromatic nitrogens is 2. The molecule has 6 heteroatoms. The Labute approximate surface area is 109 Å². The van der Waals surface area contributed by atoms with Gasteiger partial charge in [0, 0.05) is 10.7 Å². The van der Waals surface area contributed by atoms with E-state index in [0.717, 1.165) is 5.69 Å². The third-order valence-electron chi connectivity index (χ3n) is 2.15. The van der Waals surface area contributed by atoms with Crippen LogP contribution in [-0.4, -0.2) is 23.0 Å². The van der Waals surface area contributed by atoms with Crippen molar-refractivity contribution in [3.8, 4) is 0 Å². The summed E-state index contributed by atoms with van der Waals surface area (Å²) in [5.74, 6) is -0.0671. The van der Waals surface area contributed by atoms with Crippen LogP contribution in [0.25, 0.3) is 0 Å². The maximum Gasteiger partial charge on any atom is 0.358 e. The van der Waals surface area contributed by atoms with E-state index < -0.39 is 5.97 Å². The second-order valence-electron chi connectivity index (χ2n) is 3.41. The SMILES string of the molecule is COC(=O)c1cncc(Nc2ccc(Cl)cc2)n1. The molecule has 1 aromatic heterocycles. The molecule has 0 radical (unpaired) electrons. The molecule has 0 aliphatic rings. The first-order chi connectivity index (χ1) is 8.69. The largest absolute Gasteiger partial charge is 0.464 e. The molecule has 0 spiro atoms. The molecule has 0 fully saturated rings. The molecular formula is C12H10ClN3O2. The number of benzene rings is 1. The molecule has 2 aromatic rings. The van der Waals surface area contributed by atoms with E-state index in [4.69, 9.17) is 11.6 Å². The molecule has 0 amide bonds. The Balaban J connectivity index is 2.19. The Bertz CT molecular complexity index is 558. The molecule has 1 N–H and O–H groups in total. The molecule has 0 atom stereocenters. The Morgan fingerprint density at radius 2 is 2.00 bits per heavy atom. The van der Waals surface area contributed by atoms with Crippen molar-refractivity contribution in [1.82, 2.24) is 9.97 Å². The van der Waals surface area contributed by atoms with Crippen LogP contribution in [0.15, 0.2) is 36.7 Å².